The summed E-state index contributed by atoms with van der Waals surface area (Å²) in [6, 6.07) is 24.0. The number of rotatable bonds is 10. The number of aliphatic hydroxyl groups excluding tert-OH is 1. The number of hydrogen-bond acceptors (Lipinski definition) is 4. The molecule has 0 saturated carbocycles. The Hall–Kier alpha value is -3.64. The largest absolute Gasteiger partial charge is 0.489 e. The highest BCUT2D eigenvalue weighted by Gasteiger charge is 2.12. The lowest BCUT2D eigenvalue weighted by Gasteiger charge is -2.11. The van der Waals surface area contributed by atoms with Crippen molar-refractivity contribution in [3.05, 3.63) is 95.6 Å². The molecule has 0 aliphatic heterocycles. The summed E-state index contributed by atoms with van der Waals surface area (Å²) in [6.45, 7) is 0.676. The molecule has 0 bridgehead atoms. The second-order valence-electron chi connectivity index (χ2n) is 6.80. The first-order valence-corrected chi connectivity index (χ1v) is 9.52. The minimum Gasteiger partial charge on any atom is -0.489 e. The number of aliphatic hydroxyl groups is 1. The molecule has 3 aromatic rings. The van der Waals surface area contributed by atoms with E-state index < -0.39 is 12.1 Å². The Morgan fingerprint density at radius 2 is 1.47 bits per heavy atom. The molecule has 0 aromatic heterocycles. The molecule has 0 heterocycles. The van der Waals surface area contributed by atoms with Crippen LogP contribution in [0.15, 0.2) is 78.9 Å². The number of carbonyl (C=O) groups is 1. The molecule has 3 aromatic carbocycles. The molecule has 0 radical (unpaired) electrons. The molecule has 4 N–H and O–H groups in total. The number of benzene rings is 3. The van der Waals surface area contributed by atoms with Gasteiger partial charge >= 0.3 is 5.97 Å². The molecular formula is C24H24NO5+. The molecule has 0 fully saturated rings. The number of ether oxygens (including phenoxy) is 2. The second kappa shape index (κ2) is 10.2. The molecule has 6 heteroatoms. The fourth-order valence-electron chi connectivity index (χ4n) is 2.81. The summed E-state index contributed by atoms with van der Waals surface area (Å²) in [5.41, 5.74) is 3.12. The maximum atomic E-state index is 10.7. The molecule has 0 amide bonds. The Bertz CT molecular complexity index is 969. The fraction of sp³-hybridized carbons (Fsp3) is 0.167. The summed E-state index contributed by atoms with van der Waals surface area (Å²) in [4.78, 5) is 10.7. The zero-order chi connectivity index (χ0) is 21.3. The lowest BCUT2D eigenvalue weighted by molar-refractivity contribution is -0.139. The van der Waals surface area contributed by atoms with Gasteiger partial charge in [-0.2, -0.15) is 0 Å². The zero-order valence-electron chi connectivity index (χ0n) is 16.4. The van der Waals surface area contributed by atoms with Gasteiger partial charge in [-0.3, -0.25) is 10.2 Å². The van der Waals surface area contributed by atoms with Crippen molar-refractivity contribution in [2.24, 2.45) is 0 Å². The van der Waals surface area contributed by atoms with Gasteiger partial charge in [-0.25, -0.2) is 0 Å². The van der Waals surface area contributed by atoms with E-state index in [1.165, 1.54) is 0 Å². The number of carboxylic acids is 1. The first-order chi connectivity index (χ1) is 14.5. The van der Waals surface area contributed by atoms with Crippen molar-refractivity contribution in [2.45, 2.75) is 19.1 Å². The standard InChI is InChI=1S/C24H23NO5/c25-22(18-4-2-1-3-5-18)16-30-20-10-6-17(7-11-20)15-29-21-12-8-19(9-13-21)23(26)14-24(27)28/h1-13,23,25-26H,14-16H2,(H,27,28)/p+1. The second-order valence-corrected chi connectivity index (χ2v) is 6.80. The smallest absolute Gasteiger partial charge is 0.306 e. The highest BCUT2D eigenvalue weighted by Crippen LogP contribution is 2.21. The van der Waals surface area contributed by atoms with Gasteiger partial charge in [0.2, 0.25) is 5.71 Å². The number of carboxylic acid groups (broad SMARTS) is 1. The van der Waals surface area contributed by atoms with E-state index >= 15 is 0 Å². The van der Waals surface area contributed by atoms with Gasteiger partial charge < -0.3 is 19.7 Å². The maximum Gasteiger partial charge on any atom is 0.306 e. The molecule has 0 spiro atoms. The highest BCUT2D eigenvalue weighted by molar-refractivity contribution is 5.96. The quantitative estimate of drug-likeness (QED) is 0.449. The van der Waals surface area contributed by atoms with Gasteiger partial charge in [0, 0.05) is 5.56 Å². The van der Waals surface area contributed by atoms with Gasteiger partial charge in [0.15, 0.2) is 6.61 Å². The third-order valence-corrected chi connectivity index (χ3v) is 4.50. The summed E-state index contributed by atoms with van der Waals surface area (Å²) in [7, 11) is 0. The molecule has 3 rings (SSSR count). The normalized spacial score (nSPS) is 11.5. The van der Waals surface area contributed by atoms with Gasteiger partial charge in [-0.15, -0.1) is 0 Å². The van der Waals surface area contributed by atoms with Crippen LogP contribution in [0.2, 0.25) is 0 Å². The minimum atomic E-state index is -1.05. The van der Waals surface area contributed by atoms with Crippen molar-refractivity contribution >= 4 is 11.7 Å². The van der Waals surface area contributed by atoms with E-state index in [4.69, 9.17) is 20.0 Å². The van der Waals surface area contributed by atoms with E-state index in [0.717, 1.165) is 16.9 Å². The third-order valence-electron chi connectivity index (χ3n) is 4.50. The first kappa shape index (κ1) is 21.1. The minimum absolute atomic E-state index is 0.305. The van der Waals surface area contributed by atoms with Crippen molar-refractivity contribution < 1.29 is 29.9 Å². The number of aliphatic carboxylic acids is 1. The third kappa shape index (κ3) is 6.18. The maximum absolute atomic E-state index is 10.7. The number of nitrogens with two attached hydrogens (primary N) is 1. The molecule has 1 unspecified atom stereocenters. The Kier molecular flexibility index (Phi) is 7.19. The van der Waals surface area contributed by atoms with Gasteiger partial charge in [0.05, 0.1) is 12.5 Å². The van der Waals surface area contributed by atoms with E-state index in [0.29, 0.717) is 30.2 Å². The molecular weight excluding hydrogens is 382 g/mol. The Morgan fingerprint density at radius 3 is 2.10 bits per heavy atom. The average Bonchev–Trinajstić information content (AvgIpc) is 2.77. The predicted octanol–water partition coefficient (Wildman–Crippen LogP) is 2.40. The molecule has 0 aliphatic rings. The van der Waals surface area contributed by atoms with Crippen LogP contribution in [0.3, 0.4) is 0 Å². The van der Waals surface area contributed by atoms with Crippen LogP contribution in [0.4, 0.5) is 0 Å². The predicted molar refractivity (Wildman–Crippen MR) is 112 cm³/mol. The van der Waals surface area contributed by atoms with Gasteiger partial charge in [0.25, 0.3) is 0 Å². The van der Waals surface area contributed by atoms with Crippen LogP contribution in [0.25, 0.3) is 0 Å². The molecule has 1 atom stereocenters. The summed E-state index contributed by atoms with van der Waals surface area (Å²) in [6.07, 6.45) is -1.36. The first-order valence-electron chi connectivity index (χ1n) is 9.52. The summed E-state index contributed by atoms with van der Waals surface area (Å²) in [5, 5.41) is 24.6. The molecule has 30 heavy (non-hydrogen) atoms. The molecule has 154 valence electrons. The summed E-state index contributed by atoms with van der Waals surface area (Å²) >= 11 is 0. The van der Waals surface area contributed by atoms with Crippen molar-refractivity contribution in [1.29, 1.82) is 0 Å². The van der Waals surface area contributed by atoms with Crippen molar-refractivity contribution in [1.82, 2.24) is 0 Å². The highest BCUT2D eigenvalue weighted by atomic mass is 16.5. The van der Waals surface area contributed by atoms with Crippen molar-refractivity contribution in [3.63, 3.8) is 0 Å². The van der Waals surface area contributed by atoms with Crippen LogP contribution < -0.4 is 14.9 Å². The molecule has 6 nitrogen and oxygen atoms in total. The zero-order valence-corrected chi connectivity index (χ0v) is 16.4. The average molecular weight is 406 g/mol. The van der Waals surface area contributed by atoms with Crippen molar-refractivity contribution in [2.75, 3.05) is 6.61 Å². The van der Waals surface area contributed by atoms with E-state index in [1.807, 2.05) is 54.6 Å². The monoisotopic (exact) mass is 406 g/mol. The Morgan fingerprint density at radius 1 is 0.867 bits per heavy atom. The van der Waals surface area contributed by atoms with E-state index in [9.17, 15) is 9.90 Å². The van der Waals surface area contributed by atoms with Gasteiger partial charge in [-0.1, -0.05) is 42.5 Å². The van der Waals surface area contributed by atoms with Gasteiger partial charge in [-0.05, 0) is 47.5 Å². The Balaban J connectivity index is 1.47. The summed E-state index contributed by atoms with van der Waals surface area (Å²) < 4.78 is 11.5. The van der Waals surface area contributed by atoms with Crippen LogP contribution in [-0.4, -0.2) is 28.5 Å². The molecule has 0 saturated heterocycles. The van der Waals surface area contributed by atoms with Crippen molar-refractivity contribution in [3.8, 4) is 11.5 Å². The van der Waals surface area contributed by atoms with E-state index in [2.05, 4.69) is 0 Å². The van der Waals surface area contributed by atoms with Crippen LogP contribution in [0.5, 0.6) is 11.5 Å². The van der Waals surface area contributed by atoms with Gasteiger partial charge in [0.1, 0.15) is 18.1 Å². The lowest BCUT2D eigenvalue weighted by Crippen LogP contribution is -2.43. The topological polar surface area (TPSA) is 102 Å². The van der Waals surface area contributed by atoms with E-state index in [1.54, 1.807) is 24.3 Å². The Labute approximate surface area is 174 Å². The SMILES string of the molecule is [NH2+]=C(COc1ccc(COc2ccc(C(O)CC(=O)O)cc2)cc1)c1ccccc1. The van der Waals surface area contributed by atoms with E-state index in [-0.39, 0.29) is 6.42 Å². The van der Waals surface area contributed by atoms with Crippen LogP contribution in [0, 0.1) is 0 Å². The van der Waals surface area contributed by atoms with Crippen LogP contribution in [-0.2, 0) is 11.4 Å². The summed E-state index contributed by atoms with van der Waals surface area (Å²) in [5.74, 6) is 0.303. The molecule has 0 aliphatic carbocycles. The lowest BCUT2D eigenvalue weighted by atomic mass is 10.1. The fourth-order valence-corrected chi connectivity index (χ4v) is 2.81. The van der Waals surface area contributed by atoms with Crippen LogP contribution in [0.1, 0.15) is 29.2 Å². The number of hydrogen-bond donors (Lipinski definition) is 3. The van der Waals surface area contributed by atoms with Crippen LogP contribution >= 0.6 is 0 Å².